The molecule has 1 aliphatic rings. The van der Waals surface area contributed by atoms with Crippen LogP contribution in [0.25, 0.3) is 16.9 Å². The first-order valence-corrected chi connectivity index (χ1v) is 17.2. The quantitative estimate of drug-likeness (QED) is 0.141. The summed E-state index contributed by atoms with van der Waals surface area (Å²) >= 11 is 3.64. The number of nitrogens with zero attached hydrogens (tertiary/aromatic N) is 3. The van der Waals surface area contributed by atoms with Crippen LogP contribution in [0.5, 0.6) is 0 Å². The topological polar surface area (TPSA) is 38.1 Å². The number of aryl methyl sites for hydroxylation is 2. The largest absolute Gasteiger partial charge is 0.367 e. The zero-order valence-corrected chi connectivity index (χ0v) is 27.1. The van der Waals surface area contributed by atoms with E-state index in [2.05, 4.69) is 65.0 Å². The number of rotatable bonds is 17. The van der Waals surface area contributed by atoms with Crippen molar-refractivity contribution in [3.05, 3.63) is 74.5 Å². The number of hydrogen-bond acceptors (Lipinski definition) is 3. The Morgan fingerprint density at radius 1 is 0.732 bits per heavy atom. The second-order valence-electron chi connectivity index (χ2n) is 11.8. The van der Waals surface area contributed by atoms with E-state index < -0.39 is 0 Å². The molecule has 5 heteroatoms. The summed E-state index contributed by atoms with van der Waals surface area (Å²) in [5.41, 5.74) is 6.25. The molecule has 1 aliphatic heterocycles. The highest BCUT2D eigenvalue weighted by Gasteiger charge is 2.22. The monoisotopic (exact) mass is 619 g/mol. The van der Waals surface area contributed by atoms with E-state index in [-0.39, 0.29) is 5.56 Å². The van der Waals surface area contributed by atoms with Gasteiger partial charge in [-0.2, -0.15) is 9.78 Å². The van der Waals surface area contributed by atoms with Gasteiger partial charge >= 0.3 is 0 Å². The number of aromatic nitrogens is 2. The fourth-order valence-corrected chi connectivity index (χ4v) is 6.52. The molecule has 1 saturated heterocycles. The van der Waals surface area contributed by atoms with E-state index in [1.54, 1.807) is 4.68 Å². The normalized spacial score (nSPS) is 13.3. The molecule has 222 valence electrons. The van der Waals surface area contributed by atoms with E-state index in [9.17, 15) is 4.79 Å². The number of unbranched alkanes of at least 4 members (excludes halogenated alkanes) is 10. The maximum atomic E-state index is 14.3. The smallest absolute Gasteiger partial charge is 0.295 e. The lowest BCUT2D eigenvalue weighted by Gasteiger charge is -2.22. The van der Waals surface area contributed by atoms with Crippen molar-refractivity contribution in [3.63, 3.8) is 0 Å². The standard InChI is InChI=1S/C36H50BrN3O/c1-3-5-7-9-11-13-19-29-21-17-22-30(20-14-12-10-8-6-4-2)35(29)40-36(41)34(39-25-15-16-26-39)28-33(38-40)31-23-18-24-32(37)27-31/h17-18,21-24,27-28H,3-16,19-20,25-26H2,1-2H3. The Morgan fingerprint density at radius 3 is 1.88 bits per heavy atom. The Labute approximate surface area is 256 Å². The molecule has 0 unspecified atom stereocenters. The Balaban J connectivity index is 1.73. The first-order chi connectivity index (χ1) is 20.1. The van der Waals surface area contributed by atoms with Crippen molar-refractivity contribution in [1.29, 1.82) is 0 Å². The van der Waals surface area contributed by atoms with Gasteiger partial charge in [0.1, 0.15) is 5.69 Å². The van der Waals surface area contributed by atoms with E-state index >= 15 is 0 Å². The van der Waals surface area contributed by atoms with E-state index in [1.165, 1.54) is 75.3 Å². The second kappa shape index (κ2) is 16.9. The molecule has 1 aromatic heterocycles. The number of halogens is 1. The summed E-state index contributed by atoms with van der Waals surface area (Å²) in [6.45, 7) is 6.40. The van der Waals surface area contributed by atoms with Crippen LogP contribution >= 0.6 is 15.9 Å². The molecule has 2 heterocycles. The first kappa shape index (κ1) is 31.5. The summed E-state index contributed by atoms with van der Waals surface area (Å²) < 4.78 is 2.80. The molecule has 41 heavy (non-hydrogen) atoms. The fraction of sp³-hybridized carbons (Fsp3) is 0.556. The van der Waals surface area contributed by atoms with E-state index in [0.717, 1.165) is 78.7 Å². The van der Waals surface area contributed by atoms with Crippen molar-refractivity contribution in [2.75, 3.05) is 18.0 Å². The highest BCUT2D eigenvalue weighted by atomic mass is 79.9. The van der Waals surface area contributed by atoms with Gasteiger partial charge in [-0.25, -0.2) is 0 Å². The molecule has 0 aliphatic carbocycles. The van der Waals surface area contributed by atoms with Crippen LogP contribution < -0.4 is 10.5 Å². The summed E-state index contributed by atoms with van der Waals surface area (Å²) in [6, 6.07) is 17.0. The van der Waals surface area contributed by atoms with E-state index in [1.807, 2.05) is 18.2 Å². The molecule has 4 nitrogen and oxygen atoms in total. The van der Waals surface area contributed by atoms with Crippen molar-refractivity contribution in [1.82, 2.24) is 9.78 Å². The van der Waals surface area contributed by atoms with Crippen molar-refractivity contribution >= 4 is 21.6 Å². The zero-order valence-electron chi connectivity index (χ0n) is 25.5. The predicted octanol–water partition coefficient (Wildman–Crippen LogP) is 10.1. The Hall–Kier alpha value is -2.40. The van der Waals surface area contributed by atoms with Gasteiger partial charge in [-0.3, -0.25) is 4.79 Å². The fourth-order valence-electron chi connectivity index (χ4n) is 6.12. The Bertz CT molecular complexity index is 1240. The van der Waals surface area contributed by atoms with Crippen LogP contribution in [0, 0.1) is 0 Å². The molecule has 0 bridgehead atoms. The summed E-state index contributed by atoms with van der Waals surface area (Å²) in [7, 11) is 0. The van der Waals surface area contributed by atoms with Crippen LogP contribution in [0.15, 0.2) is 57.8 Å². The minimum atomic E-state index is 0.0187. The summed E-state index contributed by atoms with van der Waals surface area (Å²) in [6.07, 6.45) is 19.4. The number of anilines is 1. The Kier molecular flexibility index (Phi) is 13.0. The minimum absolute atomic E-state index is 0.0187. The molecule has 3 aromatic rings. The SMILES string of the molecule is CCCCCCCCc1cccc(CCCCCCCC)c1-n1nc(-c2cccc(Br)c2)cc(N2CCCC2)c1=O. The number of benzene rings is 2. The van der Waals surface area contributed by atoms with Crippen LogP contribution in [0.1, 0.15) is 115 Å². The zero-order chi connectivity index (χ0) is 28.9. The van der Waals surface area contributed by atoms with Crippen molar-refractivity contribution in [2.45, 2.75) is 117 Å². The molecular formula is C36H50BrN3O. The van der Waals surface area contributed by atoms with Crippen molar-refractivity contribution < 1.29 is 0 Å². The molecule has 0 saturated carbocycles. The molecule has 1 fully saturated rings. The average molecular weight is 621 g/mol. The van der Waals surface area contributed by atoms with Gasteiger partial charge in [0.25, 0.3) is 5.56 Å². The van der Waals surface area contributed by atoms with Gasteiger partial charge < -0.3 is 4.90 Å². The van der Waals surface area contributed by atoms with Gasteiger partial charge in [-0.15, -0.1) is 0 Å². The average Bonchev–Trinajstić information content (AvgIpc) is 3.52. The van der Waals surface area contributed by atoms with Crippen LogP contribution in [-0.2, 0) is 12.8 Å². The molecule has 0 atom stereocenters. The lowest BCUT2D eigenvalue weighted by Crippen LogP contribution is -2.32. The first-order valence-electron chi connectivity index (χ1n) is 16.4. The van der Waals surface area contributed by atoms with E-state index in [4.69, 9.17) is 5.10 Å². The summed E-state index contributed by atoms with van der Waals surface area (Å²) in [4.78, 5) is 16.5. The highest BCUT2D eigenvalue weighted by Crippen LogP contribution is 2.28. The predicted molar refractivity (Wildman–Crippen MR) is 179 cm³/mol. The third kappa shape index (κ3) is 9.04. The minimum Gasteiger partial charge on any atom is -0.367 e. The molecular weight excluding hydrogens is 570 g/mol. The summed E-state index contributed by atoms with van der Waals surface area (Å²) in [5, 5.41) is 5.10. The maximum absolute atomic E-state index is 14.3. The van der Waals surface area contributed by atoms with Gasteiger partial charge in [-0.1, -0.05) is 124 Å². The second-order valence-corrected chi connectivity index (χ2v) is 12.7. The van der Waals surface area contributed by atoms with Crippen molar-refractivity contribution in [2.24, 2.45) is 0 Å². The molecule has 0 spiro atoms. The maximum Gasteiger partial charge on any atom is 0.295 e. The molecule has 4 rings (SSSR count). The van der Waals surface area contributed by atoms with Crippen LogP contribution in [0.2, 0.25) is 0 Å². The Morgan fingerprint density at radius 2 is 1.29 bits per heavy atom. The highest BCUT2D eigenvalue weighted by molar-refractivity contribution is 9.10. The molecule has 0 amide bonds. The van der Waals surface area contributed by atoms with Gasteiger partial charge in [0.05, 0.1) is 11.4 Å². The van der Waals surface area contributed by atoms with E-state index in [0.29, 0.717) is 0 Å². The number of para-hydroxylation sites is 1. The lowest BCUT2D eigenvalue weighted by molar-refractivity contribution is 0.602. The lowest BCUT2D eigenvalue weighted by atomic mass is 9.97. The number of hydrogen-bond donors (Lipinski definition) is 0. The molecule has 0 N–H and O–H groups in total. The summed E-state index contributed by atoms with van der Waals surface area (Å²) in [5.74, 6) is 0. The van der Waals surface area contributed by atoms with Crippen LogP contribution in [-0.4, -0.2) is 22.9 Å². The van der Waals surface area contributed by atoms with Gasteiger partial charge in [0.15, 0.2) is 0 Å². The van der Waals surface area contributed by atoms with Gasteiger partial charge in [0, 0.05) is 23.1 Å². The van der Waals surface area contributed by atoms with Gasteiger partial charge in [-0.05, 0) is 67.9 Å². The van der Waals surface area contributed by atoms with Crippen molar-refractivity contribution in [3.8, 4) is 16.9 Å². The third-order valence-electron chi connectivity index (χ3n) is 8.47. The molecule has 0 radical (unpaired) electrons. The van der Waals surface area contributed by atoms with Gasteiger partial charge in [0.2, 0.25) is 0 Å². The van der Waals surface area contributed by atoms with Crippen LogP contribution in [0.4, 0.5) is 5.69 Å². The molecule has 2 aromatic carbocycles. The third-order valence-corrected chi connectivity index (χ3v) is 8.97. The van der Waals surface area contributed by atoms with Crippen LogP contribution in [0.3, 0.4) is 0 Å².